The van der Waals surface area contributed by atoms with Crippen LogP contribution in [-0.2, 0) is 16.6 Å². The molecule has 0 spiro atoms. The van der Waals surface area contributed by atoms with Gasteiger partial charge in [-0.2, -0.15) is 0 Å². The quantitative estimate of drug-likeness (QED) is 0.478. The lowest BCUT2D eigenvalue weighted by atomic mass is 10.2. The average Bonchev–Trinajstić information content (AvgIpc) is 3.29. The molecule has 0 unspecified atom stereocenters. The lowest BCUT2D eigenvalue weighted by molar-refractivity contribution is 0.0726. The Morgan fingerprint density at radius 3 is 2.62 bits per heavy atom. The van der Waals surface area contributed by atoms with Gasteiger partial charge in [-0.15, -0.1) is 5.10 Å². The highest BCUT2D eigenvalue weighted by molar-refractivity contribution is 7.89. The maximum atomic E-state index is 12.4. The van der Waals surface area contributed by atoms with E-state index >= 15 is 0 Å². The molecule has 29 heavy (non-hydrogen) atoms. The van der Waals surface area contributed by atoms with Gasteiger partial charge in [-0.1, -0.05) is 23.0 Å². The molecule has 0 amide bonds. The Labute approximate surface area is 167 Å². The van der Waals surface area contributed by atoms with Crippen molar-refractivity contribution in [1.29, 1.82) is 0 Å². The summed E-state index contributed by atoms with van der Waals surface area (Å²) in [5, 5.41) is 7.96. The number of hydrogen-bond donors (Lipinski definition) is 0. The molecule has 4 aromatic rings. The first kappa shape index (κ1) is 19.1. The van der Waals surface area contributed by atoms with Crippen LogP contribution >= 0.6 is 0 Å². The number of aryl methyl sites for hydroxylation is 1. The van der Waals surface area contributed by atoms with E-state index < -0.39 is 10.0 Å². The van der Waals surface area contributed by atoms with E-state index in [2.05, 4.69) is 15.3 Å². The average molecular weight is 413 g/mol. The van der Waals surface area contributed by atoms with Gasteiger partial charge in [0.05, 0.1) is 4.90 Å². The summed E-state index contributed by atoms with van der Waals surface area (Å²) in [6, 6.07) is 14.1. The first-order valence-electron chi connectivity index (χ1n) is 8.79. The van der Waals surface area contributed by atoms with Crippen molar-refractivity contribution in [3.05, 3.63) is 60.0 Å². The van der Waals surface area contributed by atoms with Gasteiger partial charge in [0, 0.05) is 19.7 Å². The van der Waals surface area contributed by atoms with E-state index in [0.29, 0.717) is 28.4 Å². The zero-order valence-electron chi connectivity index (χ0n) is 16.1. The van der Waals surface area contributed by atoms with Crippen molar-refractivity contribution in [3.8, 4) is 11.5 Å². The molecule has 0 aliphatic carbocycles. The minimum absolute atomic E-state index is 0.0886. The van der Waals surface area contributed by atoms with Crippen molar-refractivity contribution in [2.75, 3.05) is 14.1 Å². The zero-order chi connectivity index (χ0) is 20.6. The Morgan fingerprint density at radius 2 is 1.90 bits per heavy atom. The molecule has 0 radical (unpaired) electrons. The van der Waals surface area contributed by atoms with Crippen molar-refractivity contribution in [2.45, 2.75) is 18.4 Å². The van der Waals surface area contributed by atoms with Crippen molar-refractivity contribution in [3.63, 3.8) is 0 Å². The largest absolute Gasteiger partial charge is 0.441 e. The molecule has 4 rings (SSSR count). The third-order valence-electron chi connectivity index (χ3n) is 4.40. The van der Waals surface area contributed by atoms with Gasteiger partial charge in [0.1, 0.15) is 22.5 Å². The maximum Gasteiger partial charge on any atom is 0.242 e. The Morgan fingerprint density at radius 1 is 1.14 bits per heavy atom. The summed E-state index contributed by atoms with van der Waals surface area (Å²) in [5.41, 5.74) is 2.44. The predicted octanol–water partition coefficient (Wildman–Crippen LogP) is 2.27. The second-order valence-electron chi connectivity index (χ2n) is 6.56. The second-order valence-corrected chi connectivity index (χ2v) is 8.71. The molecule has 2 heterocycles. The molecular formula is C19H19N5O4S. The van der Waals surface area contributed by atoms with Crippen LogP contribution in [-0.4, -0.2) is 47.0 Å². The van der Waals surface area contributed by atoms with Crippen molar-refractivity contribution in [1.82, 2.24) is 24.4 Å². The lowest BCUT2D eigenvalue weighted by Gasteiger charge is -2.11. The fourth-order valence-electron chi connectivity index (χ4n) is 2.73. The molecule has 0 fully saturated rings. The van der Waals surface area contributed by atoms with Crippen LogP contribution in [0.4, 0.5) is 0 Å². The third kappa shape index (κ3) is 3.59. The van der Waals surface area contributed by atoms with Gasteiger partial charge in [0.2, 0.25) is 15.9 Å². The number of benzene rings is 2. The number of fused-ring (bicyclic) bond motifs is 1. The van der Waals surface area contributed by atoms with Gasteiger partial charge in [-0.25, -0.2) is 17.7 Å². The van der Waals surface area contributed by atoms with Crippen LogP contribution in [0.5, 0.6) is 0 Å². The van der Waals surface area contributed by atoms with E-state index in [1.54, 1.807) is 13.0 Å². The predicted molar refractivity (Wildman–Crippen MR) is 105 cm³/mol. The Balaban J connectivity index is 1.60. The van der Waals surface area contributed by atoms with E-state index in [4.69, 9.17) is 9.25 Å². The molecule has 0 saturated heterocycles. The molecule has 10 heteroatoms. The molecule has 0 atom stereocenters. The Hall–Kier alpha value is -3.24. The molecule has 0 N–H and O–H groups in total. The number of aromatic nitrogens is 4. The van der Waals surface area contributed by atoms with Gasteiger partial charge in [0.15, 0.2) is 6.61 Å². The molecule has 0 saturated carbocycles. The number of oxazole rings is 1. The summed E-state index contributed by atoms with van der Waals surface area (Å²) in [6.07, 6.45) is 0. The third-order valence-corrected chi connectivity index (χ3v) is 6.21. The zero-order valence-corrected chi connectivity index (χ0v) is 16.9. The molecule has 2 aromatic carbocycles. The van der Waals surface area contributed by atoms with Crippen LogP contribution in [0.1, 0.15) is 11.5 Å². The summed E-state index contributed by atoms with van der Waals surface area (Å²) >= 11 is 0. The molecule has 2 aromatic heterocycles. The lowest BCUT2D eigenvalue weighted by Crippen LogP contribution is -2.22. The smallest absolute Gasteiger partial charge is 0.242 e. The van der Waals surface area contributed by atoms with Crippen LogP contribution in [0.2, 0.25) is 0 Å². The summed E-state index contributed by atoms with van der Waals surface area (Å²) in [4.78, 5) is 11.5. The van der Waals surface area contributed by atoms with Crippen molar-refractivity contribution < 1.29 is 17.7 Å². The summed E-state index contributed by atoms with van der Waals surface area (Å²) in [7, 11) is -0.632. The van der Waals surface area contributed by atoms with E-state index in [1.807, 2.05) is 30.3 Å². The van der Waals surface area contributed by atoms with Gasteiger partial charge in [-0.05, 0) is 42.5 Å². The highest BCUT2D eigenvalue weighted by Crippen LogP contribution is 2.22. The van der Waals surface area contributed by atoms with Gasteiger partial charge >= 0.3 is 0 Å². The van der Waals surface area contributed by atoms with Gasteiger partial charge < -0.3 is 9.25 Å². The Bertz CT molecular complexity index is 1260. The van der Waals surface area contributed by atoms with Crippen LogP contribution in [0.3, 0.4) is 0 Å². The second kappa shape index (κ2) is 7.30. The first-order chi connectivity index (χ1) is 13.9. The van der Waals surface area contributed by atoms with Crippen LogP contribution in [0.25, 0.3) is 22.5 Å². The summed E-state index contributed by atoms with van der Waals surface area (Å²) in [5.74, 6) is 1.13. The molecule has 0 bridgehead atoms. The number of rotatable bonds is 6. The minimum Gasteiger partial charge on any atom is -0.441 e. The fourth-order valence-corrected chi connectivity index (χ4v) is 3.66. The Kier molecular flexibility index (Phi) is 4.81. The highest BCUT2D eigenvalue weighted by Gasteiger charge is 2.20. The van der Waals surface area contributed by atoms with Crippen LogP contribution < -0.4 is 4.84 Å². The highest BCUT2D eigenvalue weighted by atomic mass is 32.2. The maximum absolute atomic E-state index is 12.4. The van der Waals surface area contributed by atoms with Crippen molar-refractivity contribution >= 4 is 21.1 Å². The van der Waals surface area contributed by atoms with Gasteiger partial charge in [-0.3, -0.25) is 0 Å². The summed E-state index contributed by atoms with van der Waals surface area (Å²) in [6.45, 7) is 1.89. The number of nitrogens with zero attached hydrogens (tertiary/aromatic N) is 5. The van der Waals surface area contributed by atoms with E-state index in [-0.39, 0.29) is 11.5 Å². The normalized spacial score (nSPS) is 12.0. The minimum atomic E-state index is -3.58. The van der Waals surface area contributed by atoms with Crippen LogP contribution in [0.15, 0.2) is 57.8 Å². The molecule has 0 aliphatic rings. The standard InChI is InChI=1S/C19H19N5O4S/c1-13-17(20-19(28-13)14-7-5-4-6-8-14)12-27-24-18-11-15(29(25,26)23(2)3)9-10-16(18)21-22-24/h4-11H,12H2,1-3H3. The summed E-state index contributed by atoms with van der Waals surface area (Å²) < 4.78 is 31.6. The monoisotopic (exact) mass is 413 g/mol. The molecule has 0 aliphatic heterocycles. The SMILES string of the molecule is Cc1oc(-c2ccccc2)nc1COn1nnc2ccc(S(=O)(=O)N(C)C)cc21. The van der Waals surface area contributed by atoms with Crippen molar-refractivity contribution in [2.24, 2.45) is 0 Å². The topological polar surface area (TPSA) is 103 Å². The van der Waals surface area contributed by atoms with Crippen LogP contribution in [0, 0.1) is 6.92 Å². The molecule has 9 nitrogen and oxygen atoms in total. The first-order valence-corrected chi connectivity index (χ1v) is 10.2. The molecular weight excluding hydrogens is 394 g/mol. The fraction of sp³-hybridized carbons (Fsp3) is 0.211. The van der Waals surface area contributed by atoms with Gasteiger partial charge in [0.25, 0.3) is 0 Å². The van der Waals surface area contributed by atoms with E-state index in [1.165, 1.54) is 31.1 Å². The van der Waals surface area contributed by atoms with E-state index in [9.17, 15) is 8.42 Å². The number of sulfonamides is 1. The molecule has 150 valence electrons. The van der Waals surface area contributed by atoms with E-state index in [0.717, 1.165) is 9.87 Å². The number of hydrogen-bond acceptors (Lipinski definition) is 7.